The summed E-state index contributed by atoms with van der Waals surface area (Å²) in [5.41, 5.74) is 0. The van der Waals surface area contributed by atoms with Gasteiger partial charge in [0.1, 0.15) is 5.82 Å². The number of aliphatic hydroxyl groups is 1. The summed E-state index contributed by atoms with van der Waals surface area (Å²) >= 11 is 3.06. The summed E-state index contributed by atoms with van der Waals surface area (Å²) in [5.74, 6) is -0.348. The van der Waals surface area contributed by atoms with Crippen molar-refractivity contribution in [1.29, 1.82) is 0 Å². The first kappa shape index (κ1) is 15.9. The Hall–Kier alpha value is -0.500. The standard InChI is InChI=1S/C13H17BrFNO3S/c14-12-7-10(15)4-5-13(12)20(18,19)16-8-9-2-1-3-11(17)6-9/h4-5,7,9,11,16-17H,1-3,6,8H2. The van der Waals surface area contributed by atoms with Gasteiger partial charge in [-0.25, -0.2) is 17.5 Å². The third-order valence-electron chi connectivity index (χ3n) is 3.50. The van der Waals surface area contributed by atoms with Crippen LogP contribution in [0, 0.1) is 11.7 Å². The average molecular weight is 366 g/mol. The van der Waals surface area contributed by atoms with E-state index in [1.807, 2.05) is 0 Å². The highest BCUT2D eigenvalue weighted by molar-refractivity contribution is 9.10. The van der Waals surface area contributed by atoms with E-state index in [0.29, 0.717) is 13.0 Å². The number of sulfonamides is 1. The lowest BCUT2D eigenvalue weighted by Crippen LogP contribution is -2.33. The van der Waals surface area contributed by atoms with Gasteiger partial charge in [0.05, 0.1) is 11.0 Å². The van der Waals surface area contributed by atoms with Crippen molar-refractivity contribution in [2.24, 2.45) is 5.92 Å². The third-order valence-corrected chi connectivity index (χ3v) is 5.90. The predicted molar refractivity (Wildman–Crippen MR) is 77.3 cm³/mol. The van der Waals surface area contributed by atoms with Crippen LogP contribution in [0.2, 0.25) is 0 Å². The molecule has 2 unspecified atom stereocenters. The van der Waals surface area contributed by atoms with Crippen LogP contribution in [-0.2, 0) is 10.0 Å². The molecule has 4 nitrogen and oxygen atoms in total. The van der Waals surface area contributed by atoms with Gasteiger partial charge in [-0.05, 0) is 59.3 Å². The Morgan fingerprint density at radius 2 is 2.15 bits per heavy atom. The molecule has 1 saturated carbocycles. The second kappa shape index (κ2) is 6.51. The smallest absolute Gasteiger partial charge is 0.241 e. The van der Waals surface area contributed by atoms with Gasteiger partial charge in [0, 0.05) is 11.0 Å². The van der Waals surface area contributed by atoms with Crippen LogP contribution in [0.4, 0.5) is 4.39 Å². The van der Waals surface area contributed by atoms with Crippen LogP contribution in [0.25, 0.3) is 0 Å². The van der Waals surface area contributed by atoms with Gasteiger partial charge in [-0.15, -0.1) is 0 Å². The largest absolute Gasteiger partial charge is 0.393 e. The van der Waals surface area contributed by atoms with Gasteiger partial charge in [0.25, 0.3) is 0 Å². The van der Waals surface area contributed by atoms with Crippen molar-refractivity contribution in [3.05, 3.63) is 28.5 Å². The lowest BCUT2D eigenvalue weighted by molar-refractivity contribution is 0.102. The molecule has 0 bridgehead atoms. The molecule has 0 saturated heterocycles. The Kier molecular flexibility index (Phi) is 5.17. The molecule has 0 aliphatic heterocycles. The average Bonchev–Trinajstić information content (AvgIpc) is 2.36. The minimum atomic E-state index is -3.67. The molecule has 112 valence electrons. The molecule has 1 fully saturated rings. The molecule has 0 heterocycles. The molecule has 1 aromatic rings. The van der Waals surface area contributed by atoms with Crippen molar-refractivity contribution < 1.29 is 17.9 Å². The Balaban J connectivity index is 2.03. The van der Waals surface area contributed by atoms with Crippen molar-refractivity contribution >= 4 is 26.0 Å². The van der Waals surface area contributed by atoms with Crippen LogP contribution >= 0.6 is 15.9 Å². The van der Waals surface area contributed by atoms with E-state index in [2.05, 4.69) is 20.7 Å². The van der Waals surface area contributed by atoms with E-state index < -0.39 is 15.8 Å². The number of nitrogens with one attached hydrogen (secondary N) is 1. The maximum Gasteiger partial charge on any atom is 0.241 e. The second-order valence-corrected chi connectivity index (χ2v) is 7.70. The highest BCUT2D eigenvalue weighted by Crippen LogP contribution is 2.25. The summed E-state index contributed by atoms with van der Waals surface area (Å²) in [6.07, 6.45) is 2.88. The van der Waals surface area contributed by atoms with Gasteiger partial charge in [0.2, 0.25) is 10.0 Å². The van der Waals surface area contributed by atoms with Gasteiger partial charge in [-0.2, -0.15) is 0 Å². The van der Waals surface area contributed by atoms with Gasteiger partial charge in [0.15, 0.2) is 0 Å². The van der Waals surface area contributed by atoms with E-state index in [9.17, 15) is 17.9 Å². The number of rotatable bonds is 4. The van der Waals surface area contributed by atoms with Crippen LogP contribution in [0.15, 0.2) is 27.6 Å². The molecular formula is C13H17BrFNO3S. The summed E-state index contributed by atoms with van der Waals surface area (Å²) in [6.45, 7) is 0.295. The zero-order chi connectivity index (χ0) is 14.8. The maximum atomic E-state index is 13.0. The molecule has 0 aromatic heterocycles. The third kappa shape index (κ3) is 4.00. The summed E-state index contributed by atoms with van der Waals surface area (Å²) in [6, 6.07) is 3.47. The molecule has 1 aliphatic rings. The SMILES string of the molecule is O=S(=O)(NCC1CCCC(O)C1)c1ccc(F)cc1Br. The Labute approximate surface area is 126 Å². The first-order chi connectivity index (χ1) is 9.38. The van der Waals surface area contributed by atoms with E-state index in [-0.39, 0.29) is 21.4 Å². The van der Waals surface area contributed by atoms with E-state index in [1.165, 1.54) is 6.07 Å². The fraction of sp³-hybridized carbons (Fsp3) is 0.538. The van der Waals surface area contributed by atoms with E-state index in [0.717, 1.165) is 31.4 Å². The Bertz CT molecular complexity index is 579. The van der Waals surface area contributed by atoms with Gasteiger partial charge < -0.3 is 5.11 Å². The van der Waals surface area contributed by atoms with Crippen LogP contribution in [0.5, 0.6) is 0 Å². The molecule has 0 spiro atoms. The van der Waals surface area contributed by atoms with E-state index in [1.54, 1.807) is 0 Å². The molecule has 0 amide bonds. The molecule has 1 aromatic carbocycles. The number of hydrogen-bond donors (Lipinski definition) is 2. The van der Waals surface area contributed by atoms with Crippen molar-refractivity contribution in [3.63, 3.8) is 0 Å². The first-order valence-electron chi connectivity index (χ1n) is 6.51. The number of hydrogen-bond acceptors (Lipinski definition) is 3. The Morgan fingerprint density at radius 1 is 1.40 bits per heavy atom. The zero-order valence-electron chi connectivity index (χ0n) is 10.9. The monoisotopic (exact) mass is 365 g/mol. The maximum absolute atomic E-state index is 13.0. The summed E-state index contributed by atoms with van der Waals surface area (Å²) in [4.78, 5) is 0.0234. The van der Waals surface area contributed by atoms with Crippen molar-refractivity contribution in [3.8, 4) is 0 Å². The lowest BCUT2D eigenvalue weighted by atomic mass is 9.87. The molecular weight excluding hydrogens is 349 g/mol. The van der Waals surface area contributed by atoms with Crippen molar-refractivity contribution in [2.75, 3.05) is 6.54 Å². The summed E-state index contributed by atoms with van der Waals surface area (Å²) < 4.78 is 40.0. The van der Waals surface area contributed by atoms with Gasteiger partial charge in [-0.1, -0.05) is 6.42 Å². The molecule has 2 rings (SSSR count). The van der Waals surface area contributed by atoms with Crippen LogP contribution in [-0.4, -0.2) is 26.2 Å². The van der Waals surface area contributed by atoms with Crippen LogP contribution < -0.4 is 4.72 Å². The predicted octanol–water partition coefficient (Wildman–Crippen LogP) is 2.42. The van der Waals surface area contributed by atoms with E-state index in [4.69, 9.17) is 0 Å². The molecule has 1 aliphatic carbocycles. The fourth-order valence-electron chi connectivity index (χ4n) is 2.45. The number of aliphatic hydroxyl groups excluding tert-OH is 1. The zero-order valence-corrected chi connectivity index (χ0v) is 13.3. The number of benzene rings is 1. The molecule has 20 heavy (non-hydrogen) atoms. The lowest BCUT2D eigenvalue weighted by Gasteiger charge is -2.25. The quantitative estimate of drug-likeness (QED) is 0.860. The topological polar surface area (TPSA) is 66.4 Å². The summed E-state index contributed by atoms with van der Waals surface area (Å²) in [7, 11) is -3.67. The van der Waals surface area contributed by atoms with E-state index >= 15 is 0 Å². The molecule has 0 radical (unpaired) electrons. The van der Waals surface area contributed by atoms with Gasteiger partial charge >= 0.3 is 0 Å². The fourth-order valence-corrected chi connectivity index (χ4v) is 4.61. The van der Waals surface area contributed by atoms with Gasteiger partial charge in [-0.3, -0.25) is 0 Å². The Morgan fingerprint density at radius 3 is 2.80 bits per heavy atom. The highest BCUT2D eigenvalue weighted by Gasteiger charge is 2.23. The summed E-state index contributed by atoms with van der Waals surface area (Å²) in [5, 5.41) is 9.57. The van der Waals surface area contributed by atoms with Crippen LogP contribution in [0.3, 0.4) is 0 Å². The normalized spacial score (nSPS) is 23.8. The first-order valence-corrected chi connectivity index (χ1v) is 8.79. The minimum Gasteiger partial charge on any atom is -0.393 e. The minimum absolute atomic E-state index is 0.0234. The molecule has 2 N–H and O–H groups in total. The molecule has 7 heteroatoms. The van der Waals surface area contributed by atoms with Crippen molar-refractivity contribution in [1.82, 2.24) is 4.72 Å². The van der Waals surface area contributed by atoms with Crippen LogP contribution in [0.1, 0.15) is 25.7 Å². The number of halogens is 2. The second-order valence-electron chi connectivity index (χ2n) is 5.11. The van der Waals surface area contributed by atoms with Crippen molar-refractivity contribution in [2.45, 2.75) is 36.7 Å². The molecule has 2 atom stereocenters. The highest BCUT2D eigenvalue weighted by atomic mass is 79.9.